The molecule has 5 heteroatoms. The van der Waals surface area contributed by atoms with Crippen LogP contribution in [-0.4, -0.2) is 45.5 Å². The number of hydrogen-bond donors (Lipinski definition) is 1. The van der Waals surface area contributed by atoms with Crippen molar-refractivity contribution in [2.24, 2.45) is 13.0 Å². The maximum Gasteiger partial charge on any atom is 0.0847 e. The molecule has 2 rings (SSSR count). The highest BCUT2D eigenvalue weighted by atomic mass is 35.5. The molecule has 0 aliphatic heterocycles. The second-order valence-electron chi connectivity index (χ2n) is 6.87. The molecule has 1 aliphatic rings. The van der Waals surface area contributed by atoms with Gasteiger partial charge in [-0.15, -0.1) is 0 Å². The SMILES string of the molecule is Cc1nn(C)c(CC(O)C2(N(C)C)CCC(C)CC2)c1Cl. The third-order valence-corrected chi connectivity index (χ3v) is 5.79. The van der Waals surface area contributed by atoms with Gasteiger partial charge in [-0.2, -0.15) is 5.10 Å². The van der Waals surface area contributed by atoms with Crippen LogP contribution in [0.5, 0.6) is 0 Å². The Morgan fingerprint density at radius 1 is 1.43 bits per heavy atom. The van der Waals surface area contributed by atoms with E-state index in [-0.39, 0.29) is 5.54 Å². The zero-order chi connectivity index (χ0) is 15.8. The minimum atomic E-state index is -0.424. The molecule has 1 fully saturated rings. The third-order valence-electron chi connectivity index (χ3n) is 5.30. The van der Waals surface area contributed by atoms with Crippen LogP contribution in [0.25, 0.3) is 0 Å². The maximum atomic E-state index is 11.0. The highest BCUT2D eigenvalue weighted by Crippen LogP contribution is 2.39. The lowest BCUT2D eigenvalue weighted by molar-refractivity contribution is -0.0389. The minimum Gasteiger partial charge on any atom is -0.391 e. The van der Waals surface area contributed by atoms with Gasteiger partial charge in [0.25, 0.3) is 0 Å². The molecule has 0 aromatic carbocycles. The van der Waals surface area contributed by atoms with Crippen LogP contribution in [0, 0.1) is 12.8 Å². The molecule has 1 aliphatic carbocycles. The van der Waals surface area contributed by atoms with Crippen molar-refractivity contribution < 1.29 is 5.11 Å². The number of aliphatic hydroxyl groups excluding tert-OH is 1. The van der Waals surface area contributed by atoms with Crippen molar-refractivity contribution in [3.05, 3.63) is 16.4 Å². The lowest BCUT2D eigenvalue weighted by Gasteiger charge is -2.47. The third kappa shape index (κ3) is 3.13. The van der Waals surface area contributed by atoms with Crippen LogP contribution in [0.1, 0.15) is 44.0 Å². The van der Waals surface area contributed by atoms with Crippen LogP contribution >= 0.6 is 11.6 Å². The smallest absolute Gasteiger partial charge is 0.0847 e. The quantitative estimate of drug-likeness (QED) is 0.929. The summed E-state index contributed by atoms with van der Waals surface area (Å²) in [7, 11) is 6.05. The first-order valence-electron chi connectivity index (χ1n) is 7.81. The van der Waals surface area contributed by atoms with Crippen molar-refractivity contribution in [2.75, 3.05) is 14.1 Å². The van der Waals surface area contributed by atoms with Gasteiger partial charge in [-0.25, -0.2) is 0 Å². The Kier molecular flexibility index (Phi) is 5.01. The molecule has 0 saturated heterocycles. The molecular weight excluding hydrogens is 286 g/mol. The van der Waals surface area contributed by atoms with Crippen molar-refractivity contribution in [1.82, 2.24) is 14.7 Å². The van der Waals surface area contributed by atoms with Crippen LogP contribution in [0.3, 0.4) is 0 Å². The lowest BCUT2D eigenvalue weighted by atomic mass is 9.72. The van der Waals surface area contributed by atoms with Crippen LogP contribution < -0.4 is 0 Å². The van der Waals surface area contributed by atoms with Crippen LogP contribution in [0.2, 0.25) is 5.02 Å². The molecule has 1 unspecified atom stereocenters. The van der Waals surface area contributed by atoms with E-state index < -0.39 is 6.10 Å². The number of nitrogens with zero attached hydrogens (tertiary/aromatic N) is 3. The van der Waals surface area contributed by atoms with Gasteiger partial charge < -0.3 is 10.0 Å². The second-order valence-corrected chi connectivity index (χ2v) is 7.25. The Balaban J connectivity index is 2.21. The molecule has 4 nitrogen and oxygen atoms in total. The van der Waals surface area contributed by atoms with Crippen LogP contribution in [0.4, 0.5) is 0 Å². The van der Waals surface area contributed by atoms with E-state index in [0.717, 1.165) is 30.1 Å². The molecule has 1 heterocycles. The van der Waals surface area contributed by atoms with E-state index in [1.54, 1.807) is 4.68 Å². The Labute approximate surface area is 133 Å². The summed E-state index contributed by atoms with van der Waals surface area (Å²) in [5.74, 6) is 0.757. The summed E-state index contributed by atoms with van der Waals surface area (Å²) in [6, 6.07) is 0. The fraction of sp³-hybridized carbons (Fsp3) is 0.812. The monoisotopic (exact) mass is 313 g/mol. The first-order chi connectivity index (χ1) is 9.78. The number of rotatable bonds is 4. The number of hydrogen-bond acceptors (Lipinski definition) is 3. The van der Waals surface area contributed by atoms with E-state index in [0.29, 0.717) is 11.4 Å². The Bertz CT molecular complexity index is 490. The molecule has 0 bridgehead atoms. The molecule has 1 aromatic heterocycles. The Hall–Kier alpha value is -0.580. The van der Waals surface area contributed by atoms with Gasteiger partial charge in [0.15, 0.2) is 0 Å². The zero-order valence-electron chi connectivity index (χ0n) is 13.9. The number of halogens is 1. The fourth-order valence-electron chi connectivity index (χ4n) is 3.62. The van der Waals surface area contributed by atoms with Gasteiger partial charge >= 0.3 is 0 Å². The van der Waals surface area contributed by atoms with Gasteiger partial charge in [-0.3, -0.25) is 4.68 Å². The number of likely N-dealkylation sites (N-methyl/N-ethyl adjacent to an activating group) is 1. The van der Waals surface area contributed by atoms with Crippen molar-refractivity contribution in [3.63, 3.8) is 0 Å². The lowest BCUT2D eigenvalue weighted by Crippen LogP contribution is -2.56. The predicted molar refractivity (Wildman–Crippen MR) is 86.7 cm³/mol. The molecule has 0 spiro atoms. The van der Waals surface area contributed by atoms with Crippen molar-refractivity contribution in [1.29, 1.82) is 0 Å². The van der Waals surface area contributed by atoms with Crippen molar-refractivity contribution in [3.8, 4) is 0 Å². The average Bonchev–Trinajstić information content (AvgIpc) is 2.66. The van der Waals surface area contributed by atoms with Crippen molar-refractivity contribution in [2.45, 2.75) is 57.6 Å². The highest BCUT2D eigenvalue weighted by Gasteiger charge is 2.42. The molecular formula is C16H28ClN3O. The topological polar surface area (TPSA) is 41.3 Å². The fourth-order valence-corrected chi connectivity index (χ4v) is 3.85. The average molecular weight is 314 g/mol. The number of aromatic nitrogens is 2. The Morgan fingerprint density at radius 2 is 2.00 bits per heavy atom. The molecule has 21 heavy (non-hydrogen) atoms. The van der Waals surface area contributed by atoms with Crippen LogP contribution in [-0.2, 0) is 13.5 Å². The summed E-state index contributed by atoms with van der Waals surface area (Å²) in [6.45, 7) is 4.20. The molecule has 0 amide bonds. The number of aliphatic hydroxyl groups is 1. The first kappa shape index (κ1) is 16.8. The summed E-state index contributed by atoms with van der Waals surface area (Å²) in [5, 5.41) is 16.0. The second kappa shape index (κ2) is 6.27. The molecule has 1 saturated carbocycles. The number of aryl methyl sites for hydroxylation is 2. The van der Waals surface area contributed by atoms with Crippen LogP contribution in [0.15, 0.2) is 0 Å². The summed E-state index contributed by atoms with van der Waals surface area (Å²) < 4.78 is 1.80. The molecule has 1 N–H and O–H groups in total. The van der Waals surface area contributed by atoms with E-state index in [1.807, 2.05) is 14.0 Å². The zero-order valence-corrected chi connectivity index (χ0v) is 14.6. The molecule has 0 radical (unpaired) electrons. The normalized spacial score (nSPS) is 28.1. The van der Waals surface area contributed by atoms with Gasteiger partial charge in [0.1, 0.15) is 0 Å². The summed E-state index contributed by atoms with van der Waals surface area (Å²) >= 11 is 6.34. The summed E-state index contributed by atoms with van der Waals surface area (Å²) in [4.78, 5) is 2.21. The molecule has 1 atom stereocenters. The van der Waals surface area contributed by atoms with E-state index in [4.69, 9.17) is 11.6 Å². The standard InChI is InChI=1S/C16H28ClN3O/c1-11-6-8-16(9-7-11,19(3)4)14(21)10-13-15(17)12(2)18-20(13)5/h11,14,21H,6-10H2,1-5H3. The van der Waals surface area contributed by atoms with E-state index in [2.05, 4.69) is 31.0 Å². The van der Waals surface area contributed by atoms with Gasteiger partial charge in [0.05, 0.1) is 22.5 Å². The van der Waals surface area contributed by atoms with E-state index in [1.165, 1.54) is 12.8 Å². The summed E-state index contributed by atoms with van der Waals surface area (Å²) in [6.07, 6.45) is 4.56. The van der Waals surface area contributed by atoms with Crippen molar-refractivity contribution >= 4 is 11.6 Å². The largest absolute Gasteiger partial charge is 0.391 e. The highest BCUT2D eigenvalue weighted by molar-refractivity contribution is 6.31. The predicted octanol–water partition coefficient (Wildman–Crippen LogP) is 2.80. The van der Waals surface area contributed by atoms with Gasteiger partial charge in [0, 0.05) is 19.0 Å². The van der Waals surface area contributed by atoms with E-state index in [9.17, 15) is 5.11 Å². The van der Waals surface area contributed by atoms with Gasteiger partial charge in [0.2, 0.25) is 0 Å². The molecule has 120 valence electrons. The summed E-state index contributed by atoms with van der Waals surface area (Å²) in [5.41, 5.74) is 1.62. The van der Waals surface area contributed by atoms with Gasteiger partial charge in [-0.1, -0.05) is 18.5 Å². The minimum absolute atomic E-state index is 0.145. The Morgan fingerprint density at radius 3 is 2.43 bits per heavy atom. The van der Waals surface area contributed by atoms with Gasteiger partial charge in [-0.05, 0) is 52.6 Å². The first-order valence-corrected chi connectivity index (χ1v) is 8.19. The van der Waals surface area contributed by atoms with E-state index >= 15 is 0 Å². The maximum absolute atomic E-state index is 11.0. The molecule has 1 aromatic rings.